The van der Waals surface area contributed by atoms with Crippen LogP contribution in [0.3, 0.4) is 0 Å². The standard InChI is InChI=1S/C23H21N5O3/c1-29-18-10-14(11-19(30-2)22(18)31-3)26-23-21(27-20-13-24-8-9-28(20)23)16-12-25-17-7-5-4-6-15(16)17/h4-13,16,26H,1-3H3. The molecule has 0 saturated heterocycles. The van der Waals surface area contributed by atoms with E-state index in [2.05, 4.69) is 21.4 Å². The molecule has 0 saturated carbocycles. The third-order valence-corrected chi connectivity index (χ3v) is 5.31. The van der Waals surface area contributed by atoms with Crippen LogP contribution in [0.25, 0.3) is 5.65 Å². The number of ether oxygens (including phenoxy) is 3. The van der Waals surface area contributed by atoms with E-state index in [9.17, 15) is 0 Å². The molecule has 1 aliphatic heterocycles. The van der Waals surface area contributed by atoms with Crippen molar-refractivity contribution >= 4 is 29.1 Å². The second-order valence-corrected chi connectivity index (χ2v) is 7.00. The predicted octanol–water partition coefficient (Wildman–Crippen LogP) is 4.35. The normalized spacial score (nSPS) is 14.5. The van der Waals surface area contributed by atoms with Crippen LogP contribution >= 0.6 is 0 Å². The summed E-state index contributed by atoms with van der Waals surface area (Å²) in [5.74, 6) is 2.42. The van der Waals surface area contributed by atoms with Gasteiger partial charge in [-0.05, 0) is 11.6 Å². The fraction of sp³-hybridized carbons (Fsp3) is 0.174. The van der Waals surface area contributed by atoms with Gasteiger partial charge in [0.05, 0.1) is 44.8 Å². The predicted molar refractivity (Wildman–Crippen MR) is 119 cm³/mol. The van der Waals surface area contributed by atoms with Gasteiger partial charge in [-0.1, -0.05) is 18.2 Å². The second-order valence-electron chi connectivity index (χ2n) is 7.00. The first-order valence-electron chi connectivity index (χ1n) is 9.75. The maximum absolute atomic E-state index is 5.50. The minimum Gasteiger partial charge on any atom is -0.493 e. The van der Waals surface area contributed by atoms with E-state index in [0.29, 0.717) is 17.2 Å². The number of fused-ring (bicyclic) bond motifs is 2. The number of nitrogens with zero attached hydrogens (tertiary/aromatic N) is 4. The second kappa shape index (κ2) is 7.64. The van der Waals surface area contributed by atoms with E-state index in [1.54, 1.807) is 33.7 Å². The number of nitrogens with one attached hydrogen (secondary N) is 1. The van der Waals surface area contributed by atoms with Crippen molar-refractivity contribution in [3.63, 3.8) is 0 Å². The summed E-state index contributed by atoms with van der Waals surface area (Å²) in [4.78, 5) is 13.7. The zero-order valence-corrected chi connectivity index (χ0v) is 17.4. The highest BCUT2D eigenvalue weighted by Gasteiger charge is 2.27. The van der Waals surface area contributed by atoms with Crippen molar-refractivity contribution in [2.24, 2.45) is 4.99 Å². The molecule has 2 aromatic heterocycles. The molecule has 0 bridgehead atoms. The molecule has 1 aliphatic rings. The minimum atomic E-state index is -0.0689. The van der Waals surface area contributed by atoms with E-state index in [1.807, 2.05) is 47.1 Å². The van der Waals surface area contributed by atoms with Crippen LogP contribution < -0.4 is 19.5 Å². The maximum atomic E-state index is 5.50. The molecule has 0 aliphatic carbocycles. The van der Waals surface area contributed by atoms with Gasteiger partial charge in [0, 0.05) is 36.4 Å². The van der Waals surface area contributed by atoms with E-state index < -0.39 is 0 Å². The summed E-state index contributed by atoms with van der Waals surface area (Å²) >= 11 is 0. The summed E-state index contributed by atoms with van der Waals surface area (Å²) in [6, 6.07) is 11.8. The average Bonchev–Trinajstić information content (AvgIpc) is 3.40. The molecule has 0 spiro atoms. The lowest BCUT2D eigenvalue weighted by molar-refractivity contribution is 0.324. The zero-order chi connectivity index (χ0) is 21.4. The van der Waals surface area contributed by atoms with Crippen molar-refractivity contribution in [1.29, 1.82) is 0 Å². The third-order valence-electron chi connectivity index (χ3n) is 5.31. The van der Waals surface area contributed by atoms with Crippen LogP contribution in [0.15, 0.2) is 60.0 Å². The number of methoxy groups -OCH3 is 3. The zero-order valence-electron chi connectivity index (χ0n) is 17.4. The number of benzene rings is 2. The van der Waals surface area contributed by atoms with Gasteiger partial charge in [-0.2, -0.15) is 0 Å². The van der Waals surface area contributed by atoms with Gasteiger partial charge in [0.15, 0.2) is 17.1 Å². The SMILES string of the molecule is COc1cc(Nc2c(C3C=Nc4ccccc43)nc3cnccn23)cc(OC)c1OC. The Labute approximate surface area is 179 Å². The summed E-state index contributed by atoms with van der Waals surface area (Å²) in [6.45, 7) is 0. The lowest BCUT2D eigenvalue weighted by atomic mass is 9.97. The van der Waals surface area contributed by atoms with Gasteiger partial charge in [-0.3, -0.25) is 14.4 Å². The van der Waals surface area contributed by atoms with Crippen molar-refractivity contribution < 1.29 is 14.2 Å². The largest absolute Gasteiger partial charge is 0.493 e. The van der Waals surface area contributed by atoms with Crippen molar-refractivity contribution in [2.75, 3.05) is 26.6 Å². The summed E-state index contributed by atoms with van der Waals surface area (Å²) in [5.41, 5.74) is 4.45. The van der Waals surface area contributed by atoms with Gasteiger partial charge in [0.2, 0.25) is 5.75 Å². The third kappa shape index (κ3) is 3.13. The first kappa shape index (κ1) is 18.9. The molecule has 8 heteroatoms. The number of hydrogen-bond donors (Lipinski definition) is 1. The number of imidazole rings is 1. The molecule has 3 heterocycles. The quantitative estimate of drug-likeness (QED) is 0.504. The van der Waals surface area contributed by atoms with Crippen LogP contribution in [0.1, 0.15) is 17.2 Å². The average molecular weight is 415 g/mol. The van der Waals surface area contributed by atoms with E-state index >= 15 is 0 Å². The molecule has 1 N–H and O–H groups in total. The molecule has 2 aromatic carbocycles. The van der Waals surface area contributed by atoms with Crippen LogP contribution in [0, 0.1) is 0 Å². The maximum Gasteiger partial charge on any atom is 0.203 e. The molecule has 0 fully saturated rings. The number of para-hydroxylation sites is 1. The number of aliphatic imine (C=N–C) groups is 1. The van der Waals surface area contributed by atoms with E-state index in [0.717, 1.165) is 34.1 Å². The summed E-state index contributed by atoms with van der Waals surface area (Å²) < 4.78 is 18.4. The Bertz CT molecular complexity index is 1270. The Hall–Kier alpha value is -4.07. The van der Waals surface area contributed by atoms with Crippen molar-refractivity contribution in [3.8, 4) is 17.2 Å². The Kier molecular flexibility index (Phi) is 4.66. The molecule has 5 rings (SSSR count). The highest BCUT2D eigenvalue weighted by atomic mass is 16.5. The molecule has 8 nitrogen and oxygen atoms in total. The van der Waals surface area contributed by atoms with E-state index in [4.69, 9.17) is 19.2 Å². The van der Waals surface area contributed by atoms with Crippen LogP contribution in [-0.4, -0.2) is 41.9 Å². The fourth-order valence-electron chi connectivity index (χ4n) is 3.88. The van der Waals surface area contributed by atoms with Gasteiger partial charge < -0.3 is 19.5 Å². The number of rotatable bonds is 6. The minimum absolute atomic E-state index is 0.0689. The molecule has 0 radical (unpaired) electrons. The Balaban J connectivity index is 1.65. The molecule has 1 unspecified atom stereocenters. The first-order valence-corrected chi connectivity index (χ1v) is 9.75. The lowest BCUT2D eigenvalue weighted by Crippen LogP contribution is -2.05. The summed E-state index contributed by atoms with van der Waals surface area (Å²) in [7, 11) is 4.77. The van der Waals surface area contributed by atoms with Crippen LogP contribution in [0.5, 0.6) is 17.2 Å². The Morgan fingerprint density at radius 2 is 1.77 bits per heavy atom. The van der Waals surface area contributed by atoms with Gasteiger partial charge in [-0.15, -0.1) is 0 Å². The lowest BCUT2D eigenvalue weighted by Gasteiger charge is -2.16. The topological polar surface area (TPSA) is 82.3 Å². The van der Waals surface area contributed by atoms with Gasteiger partial charge in [0.1, 0.15) is 5.82 Å². The number of anilines is 2. The first-order chi connectivity index (χ1) is 15.2. The highest BCUT2D eigenvalue weighted by molar-refractivity contribution is 5.86. The van der Waals surface area contributed by atoms with Gasteiger partial charge in [0.25, 0.3) is 0 Å². The van der Waals surface area contributed by atoms with Crippen molar-refractivity contribution in [3.05, 3.63) is 66.2 Å². The molecular formula is C23H21N5O3. The van der Waals surface area contributed by atoms with Crippen molar-refractivity contribution in [2.45, 2.75) is 5.92 Å². The highest BCUT2D eigenvalue weighted by Crippen LogP contribution is 2.43. The molecule has 0 amide bonds. The van der Waals surface area contributed by atoms with E-state index in [1.165, 1.54) is 0 Å². The number of hydrogen-bond acceptors (Lipinski definition) is 7. The molecule has 4 aromatic rings. The van der Waals surface area contributed by atoms with Gasteiger partial charge >= 0.3 is 0 Å². The molecule has 156 valence electrons. The van der Waals surface area contributed by atoms with Gasteiger partial charge in [-0.25, -0.2) is 4.98 Å². The number of aromatic nitrogens is 3. The van der Waals surface area contributed by atoms with Crippen LogP contribution in [-0.2, 0) is 0 Å². The summed E-state index contributed by atoms with van der Waals surface area (Å²) in [5, 5.41) is 3.50. The van der Waals surface area contributed by atoms with Crippen LogP contribution in [0.2, 0.25) is 0 Å². The smallest absolute Gasteiger partial charge is 0.203 e. The molecule has 1 atom stereocenters. The fourth-order valence-corrected chi connectivity index (χ4v) is 3.88. The van der Waals surface area contributed by atoms with Crippen molar-refractivity contribution in [1.82, 2.24) is 14.4 Å². The Morgan fingerprint density at radius 1 is 1.00 bits per heavy atom. The Morgan fingerprint density at radius 3 is 2.52 bits per heavy atom. The van der Waals surface area contributed by atoms with E-state index in [-0.39, 0.29) is 5.92 Å². The summed E-state index contributed by atoms with van der Waals surface area (Å²) in [6.07, 6.45) is 7.28. The molecule has 31 heavy (non-hydrogen) atoms. The monoisotopic (exact) mass is 415 g/mol. The van der Waals surface area contributed by atoms with Crippen LogP contribution in [0.4, 0.5) is 17.2 Å². The molecular weight excluding hydrogens is 394 g/mol.